The summed E-state index contributed by atoms with van der Waals surface area (Å²) in [6, 6.07) is 18.2. The number of anilines is 1. The highest BCUT2D eigenvalue weighted by Crippen LogP contribution is 2.24. The number of aromatic amines is 1. The van der Waals surface area contributed by atoms with Crippen LogP contribution in [0, 0.1) is 0 Å². The van der Waals surface area contributed by atoms with Crippen LogP contribution in [0.15, 0.2) is 66.7 Å². The summed E-state index contributed by atoms with van der Waals surface area (Å²) in [5, 5.41) is 11.7. The van der Waals surface area contributed by atoms with Gasteiger partial charge < -0.3 is 24.9 Å². The standard InChI is InChI=1S/C26H23N3O6/c1-3-22(24(30)27-18-6-4-5-16(13-18)25(31)32)35-26(33)17-9-12-20-21(14-17)29-23(28-20)15-7-10-19(34-2)11-8-15/h4-14,22H,3H2,1-2H3,(H,27,30)(H,28,29)(H,31,32). The number of carbonyl (C=O) groups excluding carboxylic acids is 2. The smallest absolute Gasteiger partial charge is 0.338 e. The number of rotatable bonds is 8. The van der Waals surface area contributed by atoms with Gasteiger partial charge in [-0.3, -0.25) is 4.79 Å². The first-order valence-electron chi connectivity index (χ1n) is 10.9. The zero-order valence-corrected chi connectivity index (χ0v) is 19.1. The number of ether oxygens (including phenoxy) is 2. The summed E-state index contributed by atoms with van der Waals surface area (Å²) in [5.74, 6) is -0.938. The number of fused-ring (bicyclic) bond motifs is 1. The van der Waals surface area contributed by atoms with Gasteiger partial charge in [0.15, 0.2) is 6.10 Å². The number of carboxylic acid groups (broad SMARTS) is 1. The molecule has 0 bridgehead atoms. The van der Waals surface area contributed by atoms with Crippen molar-refractivity contribution in [3.63, 3.8) is 0 Å². The molecule has 3 N–H and O–H groups in total. The molecule has 0 fully saturated rings. The monoisotopic (exact) mass is 473 g/mol. The fourth-order valence-electron chi connectivity index (χ4n) is 3.49. The molecule has 9 heteroatoms. The molecule has 1 heterocycles. The van der Waals surface area contributed by atoms with Crippen LogP contribution in [-0.2, 0) is 9.53 Å². The lowest BCUT2D eigenvalue weighted by molar-refractivity contribution is -0.124. The van der Waals surface area contributed by atoms with Crippen LogP contribution < -0.4 is 10.1 Å². The Bertz CT molecular complexity index is 1390. The molecule has 0 aliphatic heterocycles. The molecule has 4 aromatic rings. The first kappa shape index (κ1) is 23.5. The van der Waals surface area contributed by atoms with Gasteiger partial charge in [0.2, 0.25) is 0 Å². The highest BCUT2D eigenvalue weighted by atomic mass is 16.5. The number of benzene rings is 3. The van der Waals surface area contributed by atoms with Crippen molar-refractivity contribution >= 4 is 34.6 Å². The van der Waals surface area contributed by atoms with Crippen molar-refractivity contribution in [2.75, 3.05) is 12.4 Å². The Morgan fingerprint density at radius 2 is 1.80 bits per heavy atom. The topological polar surface area (TPSA) is 131 Å². The third-order valence-electron chi connectivity index (χ3n) is 5.37. The van der Waals surface area contributed by atoms with Gasteiger partial charge in [0.1, 0.15) is 11.6 Å². The summed E-state index contributed by atoms with van der Waals surface area (Å²) < 4.78 is 10.6. The van der Waals surface area contributed by atoms with E-state index in [2.05, 4.69) is 15.3 Å². The Morgan fingerprint density at radius 1 is 1.03 bits per heavy atom. The molecule has 0 aliphatic rings. The van der Waals surface area contributed by atoms with Gasteiger partial charge in [-0.15, -0.1) is 0 Å². The van der Waals surface area contributed by atoms with E-state index >= 15 is 0 Å². The lowest BCUT2D eigenvalue weighted by Gasteiger charge is -2.16. The minimum atomic E-state index is -1.11. The number of carbonyl (C=O) groups is 3. The predicted molar refractivity (Wildman–Crippen MR) is 130 cm³/mol. The van der Waals surface area contributed by atoms with Crippen LogP contribution in [0.1, 0.15) is 34.1 Å². The van der Waals surface area contributed by atoms with E-state index in [1.807, 2.05) is 24.3 Å². The Morgan fingerprint density at radius 3 is 2.49 bits per heavy atom. The van der Waals surface area contributed by atoms with Gasteiger partial charge >= 0.3 is 11.9 Å². The number of hydrogen-bond acceptors (Lipinski definition) is 6. The van der Waals surface area contributed by atoms with Crippen molar-refractivity contribution in [2.45, 2.75) is 19.4 Å². The van der Waals surface area contributed by atoms with Crippen LogP contribution in [-0.4, -0.2) is 46.1 Å². The van der Waals surface area contributed by atoms with Gasteiger partial charge in [-0.1, -0.05) is 13.0 Å². The number of aromatic nitrogens is 2. The summed E-state index contributed by atoms with van der Waals surface area (Å²) in [7, 11) is 1.60. The summed E-state index contributed by atoms with van der Waals surface area (Å²) in [6.07, 6.45) is -0.812. The van der Waals surface area contributed by atoms with Gasteiger partial charge in [0, 0.05) is 11.3 Å². The zero-order valence-electron chi connectivity index (χ0n) is 19.1. The number of nitrogens with zero attached hydrogens (tertiary/aromatic N) is 1. The summed E-state index contributed by atoms with van der Waals surface area (Å²) >= 11 is 0. The van der Waals surface area contributed by atoms with Crippen LogP contribution in [0.5, 0.6) is 5.75 Å². The molecule has 0 saturated heterocycles. The third kappa shape index (κ3) is 5.30. The number of carboxylic acids is 1. The van der Waals surface area contributed by atoms with Crippen LogP contribution in [0.25, 0.3) is 22.4 Å². The van der Waals surface area contributed by atoms with E-state index in [-0.39, 0.29) is 17.5 Å². The number of methoxy groups -OCH3 is 1. The zero-order chi connectivity index (χ0) is 24.9. The molecule has 1 amide bonds. The van der Waals surface area contributed by atoms with Crippen LogP contribution >= 0.6 is 0 Å². The van der Waals surface area contributed by atoms with Crippen molar-refractivity contribution in [3.05, 3.63) is 77.9 Å². The molecule has 0 radical (unpaired) electrons. The number of esters is 1. The Labute approximate surface area is 200 Å². The molecule has 0 spiro atoms. The predicted octanol–water partition coefficient (Wildman–Crippen LogP) is 4.51. The number of aromatic carboxylic acids is 1. The second kappa shape index (κ2) is 10.1. The second-order valence-corrected chi connectivity index (χ2v) is 7.72. The van der Waals surface area contributed by atoms with Crippen molar-refractivity contribution < 1.29 is 29.0 Å². The molecule has 9 nitrogen and oxygen atoms in total. The van der Waals surface area contributed by atoms with Gasteiger partial charge in [0.05, 0.1) is 29.3 Å². The minimum Gasteiger partial charge on any atom is -0.497 e. The van der Waals surface area contributed by atoms with Crippen LogP contribution in [0.3, 0.4) is 0 Å². The van der Waals surface area contributed by atoms with E-state index in [4.69, 9.17) is 14.6 Å². The Balaban J connectivity index is 1.47. The van der Waals surface area contributed by atoms with E-state index in [9.17, 15) is 14.4 Å². The number of imidazole rings is 1. The lowest BCUT2D eigenvalue weighted by Crippen LogP contribution is -2.32. The largest absolute Gasteiger partial charge is 0.497 e. The van der Waals surface area contributed by atoms with Crippen molar-refractivity contribution in [1.29, 1.82) is 0 Å². The molecule has 178 valence electrons. The quantitative estimate of drug-likeness (QED) is 0.321. The molecule has 1 atom stereocenters. The van der Waals surface area contributed by atoms with Gasteiger partial charge in [-0.25, -0.2) is 14.6 Å². The number of H-pyrrole nitrogens is 1. The summed E-state index contributed by atoms with van der Waals surface area (Å²) in [4.78, 5) is 44.3. The molecular weight excluding hydrogens is 450 g/mol. The van der Waals surface area contributed by atoms with E-state index in [1.165, 1.54) is 18.2 Å². The van der Waals surface area contributed by atoms with E-state index in [0.29, 0.717) is 22.5 Å². The summed E-state index contributed by atoms with van der Waals surface area (Å²) in [6.45, 7) is 1.71. The first-order valence-corrected chi connectivity index (χ1v) is 10.9. The fourth-order valence-corrected chi connectivity index (χ4v) is 3.49. The molecule has 0 aliphatic carbocycles. The number of hydrogen-bond donors (Lipinski definition) is 3. The molecule has 35 heavy (non-hydrogen) atoms. The van der Waals surface area contributed by atoms with Crippen molar-refractivity contribution in [1.82, 2.24) is 9.97 Å². The van der Waals surface area contributed by atoms with Crippen molar-refractivity contribution in [3.8, 4) is 17.1 Å². The lowest BCUT2D eigenvalue weighted by atomic mass is 10.2. The van der Waals surface area contributed by atoms with Crippen LogP contribution in [0.4, 0.5) is 5.69 Å². The highest BCUT2D eigenvalue weighted by Gasteiger charge is 2.23. The third-order valence-corrected chi connectivity index (χ3v) is 5.37. The number of nitrogens with one attached hydrogen (secondary N) is 2. The molecule has 4 rings (SSSR count). The van der Waals surface area contributed by atoms with E-state index in [0.717, 1.165) is 11.3 Å². The molecule has 1 aromatic heterocycles. The normalized spacial score (nSPS) is 11.6. The molecular formula is C26H23N3O6. The minimum absolute atomic E-state index is 0.0368. The average molecular weight is 473 g/mol. The maximum Gasteiger partial charge on any atom is 0.338 e. The maximum atomic E-state index is 12.8. The second-order valence-electron chi connectivity index (χ2n) is 7.72. The van der Waals surface area contributed by atoms with E-state index in [1.54, 1.807) is 38.3 Å². The highest BCUT2D eigenvalue weighted by molar-refractivity contribution is 5.99. The number of amides is 1. The Kier molecular flexibility index (Phi) is 6.77. The van der Waals surface area contributed by atoms with Gasteiger partial charge in [0.25, 0.3) is 5.91 Å². The van der Waals surface area contributed by atoms with E-state index < -0.39 is 23.9 Å². The molecule has 0 saturated carbocycles. The molecule has 1 unspecified atom stereocenters. The van der Waals surface area contributed by atoms with Gasteiger partial charge in [-0.05, 0) is 67.1 Å². The Hall–Kier alpha value is -4.66. The molecule has 3 aromatic carbocycles. The SMILES string of the molecule is CCC(OC(=O)c1ccc2nc(-c3ccc(OC)cc3)[nH]c2c1)C(=O)Nc1cccc(C(=O)O)c1. The first-order chi connectivity index (χ1) is 16.9. The average Bonchev–Trinajstić information content (AvgIpc) is 3.30. The maximum absolute atomic E-state index is 12.8. The van der Waals surface area contributed by atoms with Crippen LogP contribution in [0.2, 0.25) is 0 Å². The summed E-state index contributed by atoms with van der Waals surface area (Å²) in [5.41, 5.74) is 2.79. The fraction of sp³-hybridized carbons (Fsp3) is 0.154. The van der Waals surface area contributed by atoms with Gasteiger partial charge in [-0.2, -0.15) is 0 Å². The van der Waals surface area contributed by atoms with Crippen molar-refractivity contribution in [2.24, 2.45) is 0 Å².